The van der Waals surface area contributed by atoms with Gasteiger partial charge in [-0.25, -0.2) is 0 Å². The molecule has 0 fully saturated rings. The van der Waals surface area contributed by atoms with E-state index >= 15 is 0 Å². The van der Waals surface area contributed by atoms with Crippen molar-refractivity contribution in [2.45, 2.75) is 34.2 Å². The molecule has 0 aliphatic rings. The van der Waals surface area contributed by atoms with Crippen molar-refractivity contribution in [3.05, 3.63) is 33.9 Å². The lowest BCUT2D eigenvalue weighted by Gasteiger charge is -2.09. The fourth-order valence-electron chi connectivity index (χ4n) is 2.06. The van der Waals surface area contributed by atoms with Gasteiger partial charge in [0.15, 0.2) is 17.4 Å². The molecule has 3 rings (SSSR count). The summed E-state index contributed by atoms with van der Waals surface area (Å²) in [5.41, 5.74) is 0.416. The second-order valence-electron chi connectivity index (χ2n) is 7.21. The molecule has 0 aliphatic carbocycles. The molecule has 168 valence electrons. The van der Waals surface area contributed by atoms with Crippen LogP contribution >= 0.6 is 23.1 Å². The summed E-state index contributed by atoms with van der Waals surface area (Å²) in [5, 5.41) is 18.1. The zero-order valence-corrected chi connectivity index (χ0v) is 20.2. The number of terminal acetylenes is 1. The van der Waals surface area contributed by atoms with Gasteiger partial charge < -0.3 is 25.1 Å². The number of anilines is 3. The number of amides is 1. The molecule has 0 saturated carbocycles. The highest BCUT2D eigenvalue weighted by molar-refractivity contribution is 7.13. The molecule has 0 bridgehead atoms. The number of hydrogen-bond donors (Lipinski definition) is 3. The predicted octanol–water partition coefficient (Wildman–Crippen LogP) is 5.18. The van der Waals surface area contributed by atoms with Crippen molar-refractivity contribution in [1.82, 2.24) is 13.6 Å². The van der Waals surface area contributed by atoms with Crippen LogP contribution < -0.4 is 10.6 Å². The molecule has 10 heteroatoms. The summed E-state index contributed by atoms with van der Waals surface area (Å²) in [4.78, 5) is 13.7. The molecule has 31 heavy (non-hydrogen) atoms. The molecule has 0 aliphatic heterocycles. The van der Waals surface area contributed by atoms with Crippen LogP contribution in [0.1, 0.15) is 42.0 Å². The lowest BCUT2D eigenvalue weighted by atomic mass is 10.3. The molecule has 0 unspecified atom stereocenters. The van der Waals surface area contributed by atoms with E-state index in [4.69, 9.17) is 4.42 Å². The van der Waals surface area contributed by atoms with Gasteiger partial charge in [0.25, 0.3) is 5.91 Å². The lowest BCUT2D eigenvalue weighted by molar-refractivity contribution is 0.0829. The summed E-state index contributed by atoms with van der Waals surface area (Å²) in [6, 6.07) is 3.78. The van der Waals surface area contributed by atoms with Gasteiger partial charge in [-0.1, -0.05) is 20.8 Å². The van der Waals surface area contributed by atoms with Crippen LogP contribution in [0.2, 0.25) is 0 Å². The minimum Gasteiger partial charge on any atom is -0.504 e. The van der Waals surface area contributed by atoms with Crippen molar-refractivity contribution in [2.75, 3.05) is 24.7 Å². The maximum Gasteiger partial charge on any atom is 0.267 e. The Kier molecular flexibility index (Phi) is 10.6. The second kappa shape index (κ2) is 12.6. The van der Waals surface area contributed by atoms with Crippen LogP contribution in [-0.2, 0) is 6.54 Å². The van der Waals surface area contributed by atoms with E-state index in [9.17, 15) is 9.90 Å². The van der Waals surface area contributed by atoms with Crippen LogP contribution in [0.4, 0.5) is 17.3 Å². The SMILES string of the molecule is C#C.CC(C)C.Cc1ccc(CNc2nsnc2Nc2csc(C(=O)N(C)C)c2O)o1. The number of carbonyl (C=O) groups excluding carboxylic acids is 1. The number of rotatable bonds is 6. The van der Waals surface area contributed by atoms with Crippen molar-refractivity contribution >= 4 is 46.3 Å². The molecular weight excluding hydrogens is 434 g/mol. The Labute approximate surface area is 191 Å². The highest BCUT2D eigenvalue weighted by atomic mass is 32.1. The number of carbonyl (C=O) groups is 1. The summed E-state index contributed by atoms with van der Waals surface area (Å²) in [6.45, 7) is 8.85. The van der Waals surface area contributed by atoms with Gasteiger partial charge >= 0.3 is 0 Å². The van der Waals surface area contributed by atoms with Crippen LogP contribution in [-0.4, -0.2) is 38.8 Å². The molecule has 3 heterocycles. The number of hydrogen-bond acceptors (Lipinski definition) is 9. The van der Waals surface area contributed by atoms with Gasteiger partial charge in [0, 0.05) is 19.5 Å². The van der Waals surface area contributed by atoms with Crippen molar-refractivity contribution < 1.29 is 14.3 Å². The number of aromatic hydroxyl groups is 1. The summed E-state index contributed by atoms with van der Waals surface area (Å²) < 4.78 is 13.9. The fourth-order valence-corrected chi connectivity index (χ4v) is 3.46. The Bertz CT molecular complexity index is 970. The monoisotopic (exact) mass is 463 g/mol. The first-order chi connectivity index (χ1) is 14.7. The quantitative estimate of drug-likeness (QED) is 0.433. The third-order valence-electron chi connectivity index (χ3n) is 3.33. The molecule has 3 aromatic heterocycles. The molecule has 0 spiro atoms. The van der Waals surface area contributed by atoms with E-state index in [0.29, 0.717) is 23.9 Å². The zero-order chi connectivity index (χ0) is 23.6. The zero-order valence-electron chi connectivity index (χ0n) is 18.6. The van der Waals surface area contributed by atoms with Crippen molar-refractivity contribution in [3.8, 4) is 18.6 Å². The number of nitrogens with one attached hydrogen (secondary N) is 2. The van der Waals surface area contributed by atoms with Crippen molar-refractivity contribution in [2.24, 2.45) is 5.92 Å². The highest BCUT2D eigenvalue weighted by Gasteiger charge is 2.20. The highest BCUT2D eigenvalue weighted by Crippen LogP contribution is 2.37. The Morgan fingerprint density at radius 3 is 2.39 bits per heavy atom. The Morgan fingerprint density at radius 2 is 1.84 bits per heavy atom. The van der Waals surface area contributed by atoms with E-state index in [0.717, 1.165) is 29.2 Å². The van der Waals surface area contributed by atoms with Crippen molar-refractivity contribution in [1.29, 1.82) is 0 Å². The van der Waals surface area contributed by atoms with Gasteiger partial charge in [-0.3, -0.25) is 4.79 Å². The van der Waals surface area contributed by atoms with E-state index in [2.05, 4.69) is 53.0 Å². The molecular formula is C21H29N5O3S2. The van der Waals surface area contributed by atoms with E-state index in [1.807, 2.05) is 19.1 Å². The summed E-state index contributed by atoms with van der Waals surface area (Å²) >= 11 is 2.21. The van der Waals surface area contributed by atoms with Gasteiger partial charge in [0.1, 0.15) is 16.4 Å². The first-order valence-electron chi connectivity index (χ1n) is 9.43. The number of nitrogens with zero attached hydrogens (tertiary/aromatic N) is 3. The molecule has 0 atom stereocenters. The Hall–Kier alpha value is -3.03. The predicted molar refractivity (Wildman–Crippen MR) is 128 cm³/mol. The third kappa shape index (κ3) is 7.96. The van der Waals surface area contributed by atoms with E-state index in [-0.39, 0.29) is 16.5 Å². The fraction of sp³-hybridized carbons (Fsp3) is 0.381. The molecule has 0 radical (unpaired) electrons. The molecule has 1 amide bonds. The molecule has 8 nitrogen and oxygen atoms in total. The molecule has 3 aromatic rings. The van der Waals surface area contributed by atoms with Crippen LogP contribution in [0.5, 0.6) is 5.75 Å². The van der Waals surface area contributed by atoms with Crippen LogP contribution in [0.3, 0.4) is 0 Å². The third-order valence-corrected chi connectivity index (χ3v) is 4.82. The summed E-state index contributed by atoms with van der Waals surface area (Å²) in [5.74, 6) is 3.14. The maximum absolute atomic E-state index is 12.0. The molecule has 0 saturated heterocycles. The average molecular weight is 464 g/mol. The van der Waals surface area contributed by atoms with Gasteiger partial charge in [0.2, 0.25) is 0 Å². The number of aryl methyl sites for hydroxylation is 1. The largest absolute Gasteiger partial charge is 0.504 e. The van der Waals surface area contributed by atoms with Gasteiger partial charge in [-0.2, -0.15) is 8.75 Å². The first-order valence-corrected chi connectivity index (χ1v) is 11.0. The number of furan rings is 1. The normalized spacial score (nSPS) is 9.84. The van der Waals surface area contributed by atoms with Crippen LogP contribution in [0.15, 0.2) is 21.9 Å². The van der Waals surface area contributed by atoms with Gasteiger partial charge in [-0.15, -0.1) is 24.2 Å². The molecule has 3 N–H and O–H groups in total. The van der Waals surface area contributed by atoms with Crippen LogP contribution in [0.25, 0.3) is 0 Å². The van der Waals surface area contributed by atoms with Gasteiger partial charge in [-0.05, 0) is 25.0 Å². The second-order valence-corrected chi connectivity index (χ2v) is 8.62. The smallest absolute Gasteiger partial charge is 0.267 e. The van der Waals surface area contributed by atoms with Crippen LogP contribution in [0, 0.1) is 25.7 Å². The summed E-state index contributed by atoms with van der Waals surface area (Å²) in [6.07, 6.45) is 8.00. The number of thiophene rings is 1. The standard InChI is InChI=1S/C15H17N5O3S2.C4H10.C2H2/c1-8-4-5-9(23-8)6-16-13-14(19-25-18-13)17-10-7-24-12(11(10)21)15(22)20(2)3;1-4(2)3;1-2/h4-5,7,21H,6H2,1-3H3,(H,16,18)(H,17,19);4H,1-3H3;1-2H. The minimum atomic E-state index is -0.251. The average Bonchev–Trinajstić information content (AvgIpc) is 3.42. The minimum absolute atomic E-state index is 0.0932. The van der Waals surface area contributed by atoms with Crippen molar-refractivity contribution in [3.63, 3.8) is 0 Å². The molecule has 0 aromatic carbocycles. The Balaban J connectivity index is 0.000000720. The number of aromatic nitrogens is 2. The topological polar surface area (TPSA) is 104 Å². The lowest BCUT2D eigenvalue weighted by Crippen LogP contribution is -2.20. The Morgan fingerprint density at radius 1 is 1.23 bits per heavy atom. The van der Waals surface area contributed by atoms with Gasteiger partial charge in [0.05, 0.1) is 24.0 Å². The maximum atomic E-state index is 12.0. The van der Waals surface area contributed by atoms with E-state index in [1.165, 1.54) is 16.2 Å². The summed E-state index contributed by atoms with van der Waals surface area (Å²) in [7, 11) is 3.27. The van der Waals surface area contributed by atoms with E-state index in [1.54, 1.807) is 19.5 Å². The van der Waals surface area contributed by atoms with E-state index < -0.39 is 0 Å². The first kappa shape index (κ1) is 26.0.